The maximum atomic E-state index is 12.6. The standard InChI is InChI=1S/C22H22N2O5/c1-14(25)24(12-15-5-3-4-6-19(15)27-2)13-17-9-16-10-20-21(29-8-7-28-20)11-18(16)23-22(17)26/h3-6,9-11H,7-8,12-13H2,1-2H3,(H,23,26). The van der Waals surface area contributed by atoms with E-state index < -0.39 is 0 Å². The summed E-state index contributed by atoms with van der Waals surface area (Å²) in [6.07, 6.45) is 0. The number of pyridine rings is 1. The number of ether oxygens (including phenoxy) is 3. The van der Waals surface area contributed by atoms with Crippen molar-refractivity contribution in [3.05, 3.63) is 63.9 Å². The normalized spacial score (nSPS) is 12.6. The van der Waals surface area contributed by atoms with Crippen LogP contribution >= 0.6 is 0 Å². The average molecular weight is 394 g/mol. The molecule has 0 saturated carbocycles. The highest BCUT2D eigenvalue weighted by Gasteiger charge is 2.17. The molecule has 2 heterocycles. The van der Waals surface area contributed by atoms with Gasteiger partial charge in [0.1, 0.15) is 19.0 Å². The molecule has 150 valence electrons. The molecule has 1 aromatic heterocycles. The van der Waals surface area contributed by atoms with Crippen molar-refractivity contribution in [1.29, 1.82) is 0 Å². The van der Waals surface area contributed by atoms with Crippen molar-refractivity contribution in [1.82, 2.24) is 9.88 Å². The number of para-hydroxylation sites is 1. The lowest BCUT2D eigenvalue weighted by Gasteiger charge is -2.22. The van der Waals surface area contributed by atoms with Crippen molar-refractivity contribution in [2.75, 3.05) is 20.3 Å². The zero-order valence-electron chi connectivity index (χ0n) is 16.4. The highest BCUT2D eigenvalue weighted by atomic mass is 16.6. The van der Waals surface area contributed by atoms with E-state index in [-0.39, 0.29) is 18.0 Å². The number of hydrogen-bond acceptors (Lipinski definition) is 5. The van der Waals surface area contributed by atoms with Gasteiger partial charge in [0.15, 0.2) is 11.5 Å². The molecule has 0 unspecified atom stereocenters. The predicted molar refractivity (Wildman–Crippen MR) is 108 cm³/mol. The summed E-state index contributed by atoms with van der Waals surface area (Å²) in [5.41, 5.74) is 1.81. The highest BCUT2D eigenvalue weighted by molar-refractivity contribution is 5.83. The van der Waals surface area contributed by atoms with Gasteiger partial charge in [0, 0.05) is 36.0 Å². The van der Waals surface area contributed by atoms with Crippen LogP contribution in [0.25, 0.3) is 10.9 Å². The van der Waals surface area contributed by atoms with Gasteiger partial charge in [-0.05, 0) is 18.2 Å². The summed E-state index contributed by atoms with van der Waals surface area (Å²) in [7, 11) is 1.59. The molecule has 4 rings (SSSR count). The number of methoxy groups -OCH3 is 1. The second-order valence-corrected chi connectivity index (χ2v) is 6.89. The van der Waals surface area contributed by atoms with Crippen LogP contribution < -0.4 is 19.8 Å². The number of carbonyl (C=O) groups excluding carboxylic acids is 1. The Labute approximate surface area is 167 Å². The molecule has 0 bridgehead atoms. The molecule has 2 aromatic carbocycles. The van der Waals surface area contributed by atoms with Crippen LogP contribution in [0.1, 0.15) is 18.1 Å². The summed E-state index contributed by atoms with van der Waals surface area (Å²) in [5.74, 6) is 1.85. The van der Waals surface area contributed by atoms with E-state index in [0.29, 0.717) is 48.1 Å². The molecular weight excluding hydrogens is 372 g/mol. The molecule has 0 aliphatic carbocycles. The van der Waals surface area contributed by atoms with Gasteiger partial charge in [0.2, 0.25) is 5.91 Å². The van der Waals surface area contributed by atoms with E-state index in [1.807, 2.05) is 30.3 Å². The van der Waals surface area contributed by atoms with Gasteiger partial charge >= 0.3 is 0 Å². The first-order valence-corrected chi connectivity index (χ1v) is 9.38. The number of rotatable bonds is 5. The average Bonchev–Trinajstić information content (AvgIpc) is 2.72. The molecule has 0 fully saturated rings. The summed E-state index contributed by atoms with van der Waals surface area (Å²) in [4.78, 5) is 29.4. The van der Waals surface area contributed by atoms with Gasteiger partial charge in [-0.25, -0.2) is 0 Å². The number of aromatic amines is 1. The summed E-state index contributed by atoms with van der Waals surface area (Å²) >= 11 is 0. The Morgan fingerprint density at radius 3 is 2.48 bits per heavy atom. The molecule has 0 saturated heterocycles. The number of H-pyrrole nitrogens is 1. The Bertz CT molecular complexity index is 1120. The predicted octanol–water partition coefficient (Wildman–Crippen LogP) is 2.86. The van der Waals surface area contributed by atoms with Crippen LogP contribution in [0.2, 0.25) is 0 Å². The van der Waals surface area contributed by atoms with Gasteiger partial charge in [0.05, 0.1) is 19.2 Å². The number of carbonyl (C=O) groups is 1. The lowest BCUT2D eigenvalue weighted by Crippen LogP contribution is -2.30. The molecule has 1 aliphatic heterocycles. The minimum Gasteiger partial charge on any atom is -0.496 e. The molecule has 1 N–H and O–H groups in total. The van der Waals surface area contributed by atoms with E-state index >= 15 is 0 Å². The Hall–Kier alpha value is -3.48. The maximum absolute atomic E-state index is 12.6. The van der Waals surface area contributed by atoms with E-state index in [9.17, 15) is 9.59 Å². The van der Waals surface area contributed by atoms with Crippen molar-refractivity contribution >= 4 is 16.8 Å². The number of nitrogens with zero attached hydrogens (tertiary/aromatic N) is 1. The van der Waals surface area contributed by atoms with E-state index in [1.54, 1.807) is 24.1 Å². The molecule has 3 aromatic rings. The second-order valence-electron chi connectivity index (χ2n) is 6.89. The third kappa shape index (κ3) is 3.89. The zero-order valence-corrected chi connectivity index (χ0v) is 16.4. The van der Waals surface area contributed by atoms with Crippen molar-refractivity contribution in [2.45, 2.75) is 20.0 Å². The molecule has 29 heavy (non-hydrogen) atoms. The van der Waals surface area contributed by atoms with Gasteiger partial charge in [0.25, 0.3) is 5.56 Å². The van der Waals surface area contributed by atoms with Crippen LogP contribution in [0, 0.1) is 0 Å². The third-order valence-corrected chi connectivity index (χ3v) is 4.94. The van der Waals surface area contributed by atoms with Crippen molar-refractivity contribution in [3.63, 3.8) is 0 Å². The smallest absolute Gasteiger partial charge is 0.253 e. The molecule has 0 spiro atoms. The number of aromatic nitrogens is 1. The van der Waals surface area contributed by atoms with Gasteiger partial charge in [-0.15, -0.1) is 0 Å². The summed E-state index contributed by atoms with van der Waals surface area (Å²) < 4.78 is 16.6. The van der Waals surface area contributed by atoms with E-state index in [1.165, 1.54) is 6.92 Å². The Morgan fingerprint density at radius 2 is 1.76 bits per heavy atom. The fraction of sp³-hybridized carbons (Fsp3) is 0.273. The topological polar surface area (TPSA) is 80.9 Å². The zero-order chi connectivity index (χ0) is 20.4. The van der Waals surface area contributed by atoms with Crippen molar-refractivity contribution < 1.29 is 19.0 Å². The van der Waals surface area contributed by atoms with Crippen LogP contribution in [0.3, 0.4) is 0 Å². The third-order valence-electron chi connectivity index (χ3n) is 4.94. The number of nitrogens with one attached hydrogen (secondary N) is 1. The van der Waals surface area contributed by atoms with Crippen LogP contribution in [0.5, 0.6) is 17.2 Å². The lowest BCUT2D eigenvalue weighted by molar-refractivity contribution is -0.130. The van der Waals surface area contributed by atoms with Crippen LogP contribution in [-0.2, 0) is 17.9 Å². The van der Waals surface area contributed by atoms with Crippen molar-refractivity contribution in [3.8, 4) is 17.2 Å². The summed E-state index contributed by atoms with van der Waals surface area (Å²) in [6, 6.07) is 12.9. The number of fused-ring (bicyclic) bond motifs is 2. The van der Waals surface area contributed by atoms with Crippen LogP contribution in [0.15, 0.2) is 47.3 Å². The van der Waals surface area contributed by atoms with Gasteiger partial charge in [-0.2, -0.15) is 0 Å². The van der Waals surface area contributed by atoms with Crippen LogP contribution in [-0.4, -0.2) is 36.1 Å². The van der Waals surface area contributed by atoms with Crippen LogP contribution in [0.4, 0.5) is 0 Å². The molecule has 1 aliphatic rings. The summed E-state index contributed by atoms with van der Waals surface area (Å²) in [5, 5.41) is 0.824. The van der Waals surface area contributed by atoms with E-state index in [2.05, 4.69) is 4.98 Å². The lowest BCUT2D eigenvalue weighted by atomic mass is 10.1. The highest BCUT2D eigenvalue weighted by Crippen LogP contribution is 2.33. The fourth-order valence-electron chi connectivity index (χ4n) is 3.43. The van der Waals surface area contributed by atoms with Gasteiger partial charge in [-0.3, -0.25) is 9.59 Å². The Balaban J connectivity index is 1.66. The summed E-state index contributed by atoms with van der Waals surface area (Å²) in [6.45, 7) is 3.00. The van der Waals surface area contributed by atoms with Crippen molar-refractivity contribution in [2.24, 2.45) is 0 Å². The number of benzene rings is 2. The quantitative estimate of drug-likeness (QED) is 0.720. The molecule has 0 radical (unpaired) electrons. The monoisotopic (exact) mass is 394 g/mol. The second kappa shape index (κ2) is 7.87. The number of hydrogen-bond donors (Lipinski definition) is 1. The molecule has 7 heteroatoms. The molecule has 0 atom stereocenters. The molecule has 7 nitrogen and oxygen atoms in total. The first kappa shape index (κ1) is 18.9. The Morgan fingerprint density at radius 1 is 1.07 bits per heavy atom. The van der Waals surface area contributed by atoms with Gasteiger partial charge < -0.3 is 24.1 Å². The molecular formula is C22H22N2O5. The minimum absolute atomic E-state index is 0.127. The molecule has 1 amide bonds. The van der Waals surface area contributed by atoms with E-state index in [4.69, 9.17) is 14.2 Å². The van der Waals surface area contributed by atoms with Gasteiger partial charge in [-0.1, -0.05) is 18.2 Å². The first-order chi connectivity index (χ1) is 14.0. The fourth-order valence-corrected chi connectivity index (χ4v) is 3.43. The first-order valence-electron chi connectivity index (χ1n) is 9.38. The SMILES string of the molecule is COc1ccccc1CN(Cc1cc2cc3c(cc2[nH]c1=O)OCCO3)C(C)=O. The van der Waals surface area contributed by atoms with E-state index in [0.717, 1.165) is 10.9 Å². The Kier molecular flexibility index (Phi) is 5.12. The largest absolute Gasteiger partial charge is 0.496 e. The number of amides is 1. The minimum atomic E-state index is -0.236. The maximum Gasteiger partial charge on any atom is 0.253 e.